The van der Waals surface area contributed by atoms with Crippen molar-refractivity contribution in [2.45, 2.75) is 77.6 Å². The van der Waals surface area contributed by atoms with Crippen molar-refractivity contribution >= 4 is 41.0 Å². The summed E-state index contributed by atoms with van der Waals surface area (Å²) in [7, 11) is 0. The molecule has 68 heavy (non-hydrogen) atoms. The van der Waals surface area contributed by atoms with Gasteiger partial charge in [-0.25, -0.2) is 19.0 Å². The van der Waals surface area contributed by atoms with E-state index in [2.05, 4.69) is 46.8 Å². The predicted molar refractivity (Wildman–Crippen MR) is 240 cm³/mol. The van der Waals surface area contributed by atoms with E-state index in [1.54, 1.807) is 10.9 Å². The number of amides is 5. The van der Waals surface area contributed by atoms with E-state index in [0.717, 1.165) is 104 Å². The van der Waals surface area contributed by atoms with Crippen LogP contribution in [0, 0.1) is 25.6 Å². The van der Waals surface area contributed by atoms with Gasteiger partial charge in [-0.05, 0) is 99.9 Å². The monoisotopic (exact) mass is 938 g/mol. The van der Waals surface area contributed by atoms with Crippen molar-refractivity contribution in [1.29, 1.82) is 0 Å². The molecule has 3 N–H and O–H groups in total. The second kappa shape index (κ2) is 17.9. The molecule has 21 heteroatoms. The van der Waals surface area contributed by atoms with Gasteiger partial charge in [0.2, 0.25) is 11.8 Å². The number of benzene rings is 2. The zero-order valence-electron chi connectivity index (χ0n) is 37.9. The highest BCUT2D eigenvalue weighted by atomic mass is 19.4. The molecule has 3 fully saturated rings. The number of piperazine rings is 1. The molecule has 17 nitrogen and oxygen atoms in total. The molecule has 9 rings (SSSR count). The van der Waals surface area contributed by atoms with E-state index in [1.165, 1.54) is 12.3 Å². The van der Waals surface area contributed by atoms with Crippen molar-refractivity contribution in [2.24, 2.45) is 5.92 Å². The zero-order chi connectivity index (χ0) is 48.2. The number of aromatic nitrogens is 6. The summed E-state index contributed by atoms with van der Waals surface area (Å²) < 4.78 is 57.5. The van der Waals surface area contributed by atoms with Gasteiger partial charge >= 0.3 is 6.18 Å². The number of pyridine rings is 1. The molecule has 7 heterocycles. The lowest BCUT2D eigenvalue weighted by Gasteiger charge is -2.39. The molecule has 0 radical (unpaired) electrons. The van der Waals surface area contributed by atoms with Crippen LogP contribution in [-0.2, 0) is 21.5 Å². The summed E-state index contributed by atoms with van der Waals surface area (Å²) in [6, 6.07) is 9.39. The molecule has 0 bridgehead atoms. The molecule has 356 valence electrons. The van der Waals surface area contributed by atoms with Crippen molar-refractivity contribution in [3.8, 4) is 16.8 Å². The van der Waals surface area contributed by atoms with Gasteiger partial charge in [-0.3, -0.25) is 44.2 Å². The minimum atomic E-state index is -4.55. The summed E-state index contributed by atoms with van der Waals surface area (Å²) in [4.78, 5) is 79.9. The number of hydrogen-bond donors (Lipinski definition) is 3. The van der Waals surface area contributed by atoms with Gasteiger partial charge in [-0.2, -0.15) is 23.4 Å². The summed E-state index contributed by atoms with van der Waals surface area (Å²) in [5.74, 6) is -2.70. The van der Waals surface area contributed by atoms with Gasteiger partial charge in [-0.15, -0.1) is 0 Å². The maximum Gasteiger partial charge on any atom is 0.401 e. The van der Waals surface area contributed by atoms with Crippen LogP contribution in [0.5, 0.6) is 0 Å². The molecular formula is C47H50F4N12O5. The summed E-state index contributed by atoms with van der Waals surface area (Å²) >= 11 is 0. The first-order valence-corrected chi connectivity index (χ1v) is 22.5. The van der Waals surface area contributed by atoms with Crippen LogP contribution in [-0.4, -0.2) is 127 Å². The minimum Gasteiger partial charge on any atom is -0.369 e. The molecule has 1 atom stereocenters. The molecule has 5 aromatic rings. The van der Waals surface area contributed by atoms with E-state index in [-0.39, 0.29) is 47.6 Å². The van der Waals surface area contributed by atoms with Crippen molar-refractivity contribution in [3.05, 3.63) is 100 Å². The number of piperidine rings is 2. The van der Waals surface area contributed by atoms with Crippen LogP contribution in [0.15, 0.2) is 55.0 Å². The van der Waals surface area contributed by atoms with Gasteiger partial charge in [0.15, 0.2) is 5.82 Å². The lowest BCUT2D eigenvalue weighted by Crippen LogP contribution is -2.54. The number of H-pyrrole nitrogens is 1. The number of anilines is 2. The average Bonchev–Trinajstić information content (AvgIpc) is 4.05. The number of alkyl halides is 3. The highest BCUT2D eigenvalue weighted by molar-refractivity contribution is 6.23. The van der Waals surface area contributed by atoms with Crippen molar-refractivity contribution < 1.29 is 41.5 Å². The van der Waals surface area contributed by atoms with Crippen LogP contribution < -0.4 is 20.4 Å². The van der Waals surface area contributed by atoms with Gasteiger partial charge in [0.25, 0.3) is 17.7 Å². The number of nitrogens with one attached hydrogen (secondary N) is 3. The summed E-state index contributed by atoms with van der Waals surface area (Å²) in [5.41, 5.74) is 2.87. The van der Waals surface area contributed by atoms with Gasteiger partial charge in [0, 0.05) is 70.2 Å². The third-order valence-electron chi connectivity index (χ3n) is 13.7. The fraction of sp³-hybridized carbons (Fsp3) is 0.426. The zero-order valence-corrected chi connectivity index (χ0v) is 37.9. The molecule has 3 aromatic heterocycles. The maximum absolute atomic E-state index is 15.5. The number of nitrogens with zero attached hydrogens (tertiary/aromatic N) is 9. The molecular weight excluding hydrogens is 889 g/mol. The lowest BCUT2D eigenvalue weighted by atomic mass is 9.92. The van der Waals surface area contributed by atoms with E-state index in [0.29, 0.717) is 19.0 Å². The van der Waals surface area contributed by atoms with Gasteiger partial charge in [0.05, 0.1) is 40.8 Å². The largest absolute Gasteiger partial charge is 0.401 e. The Hall–Kier alpha value is -7.03. The Morgan fingerprint density at radius 1 is 0.868 bits per heavy atom. The second-order valence-electron chi connectivity index (χ2n) is 18.4. The van der Waals surface area contributed by atoms with E-state index in [9.17, 15) is 37.1 Å². The number of imide groups is 2. The number of hydrogen-bond acceptors (Lipinski definition) is 12. The van der Waals surface area contributed by atoms with Crippen LogP contribution in [0.4, 0.5) is 29.1 Å². The van der Waals surface area contributed by atoms with Crippen molar-refractivity contribution in [1.82, 2.24) is 50.4 Å². The van der Waals surface area contributed by atoms with Crippen molar-refractivity contribution in [2.75, 3.05) is 55.6 Å². The Labute approximate surface area is 388 Å². The third-order valence-corrected chi connectivity index (χ3v) is 13.7. The molecule has 0 spiro atoms. The molecule has 3 saturated heterocycles. The van der Waals surface area contributed by atoms with E-state index in [4.69, 9.17) is 4.98 Å². The van der Waals surface area contributed by atoms with Gasteiger partial charge < -0.3 is 15.1 Å². The van der Waals surface area contributed by atoms with E-state index in [1.807, 2.05) is 43.1 Å². The molecule has 5 amide bonds. The Morgan fingerprint density at radius 3 is 2.26 bits per heavy atom. The number of carbonyl (C=O) groups is 5. The normalized spacial score (nSPS) is 18.6. The molecule has 0 saturated carbocycles. The Balaban J connectivity index is 0.765. The van der Waals surface area contributed by atoms with Gasteiger partial charge in [0.1, 0.15) is 28.9 Å². The number of aromatic amines is 1. The van der Waals surface area contributed by atoms with Crippen LogP contribution in [0.1, 0.15) is 93.4 Å². The van der Waals surface area contributed by atoms with Crippen molar-refractivity contribution in [3.63, 3.8) is 0 Å². The highest BCUT2D eigenvalue weighted by Crippen LogP contribution is 2.39. The summed E-state index contributed by atoms with van der Waals surface area (Å²) in [6.07, 6.45) is 2.02. The fourth-order valence-corrected chi connectivity index (χ4v) is 9.47. The molecule has 4 aliphatic heterocycles. The SMILES string of the molecule is Cc1ccc(-n2cc(C(=O)NCc3nc(C(C)(C)C(F)(F)F)n[nH]3)cn2)c(C)c1-c1ccc(N2CCN(CC3CCN(c4cc5c(cc4F)C(=O)N(C4CCC(=O)NC4=O)C5=O)CC3)CC2)nc1. The first-order valence-electron chi connectivity index (χ1n) is 22.5. The molecule has 1 unspecified atom stereocenters. The standard InChI is InChI=1S/C47H50F4N12O5/c1-26-5-7-34(62-25-30(22-54-62)41(65)53-23-37-55-45(58-57-37)46(3,4)47(49,50)51)27(2)40(26)29-6-9-38(52-21-29)61-17-15-59(16-18-61)24-28-11-13-60(14-12-28)36-20-32-31(19-33(36)48)43(67)63(44(32)68)35-8-10-39(64)56-42(35)66/h5-7,9,19-22,25,28,35H,8,10-18,23-24H2,1-4H3,(H,53,65)(H,55,57,58)(H,56,64,66). The number of aryl methyl sites for hydroxylation is 1. The number of carbonyl (C=O) groups excluding carboxylic acids is 5. The highest BCUT2D eigenvalue weighted by Gasteiger charge is 2.51. The Morgan fingerprint density at radius 2 is 1.59 bits per heavy atom. The summed E-state index contributed by atoms with van der Waals surface area (Å²) in [5, 5.41) is 15.5. The Kier molecular flexibility index (Phi) is 12.1. The fourth-order valence-electron chi connectivity index (χ4n) is 9.47. The van der Waals surface area contributed by atoms with Crippen LogP contribution >= 0.6 is 0 Å². The topological polar surface area (TPSA) is 195 Å². The van der Waals surface area contributed by atoms with Crippen LogP contribution in [0.25, 0.3) is 16.8 Å². The number of halogens is 4. The molecule has 0 aliphatic carbocycles. The van der Waals surface area contributed by atoms with E-state index >= 15 is 4.39 Å². The first kappa shape index (κ1) is 46.1. The lowest BCUT2D eigenvalue weighted by molar-refractivity contribution is -0.182. The number of fused-ring (bicyclic) bond motifs is 1. The van der Waals surface area contributed by atoms with Gasteiger partial charge in [-0.1, -0.05) is 6.07 Å². The summed E-state index contributed by atoms with van der Waals surface area (Å²) in [6.45, 7) is 11.2. The van der Waals surface area contributed by atoms with Crippen LogP contribution in [0.3, 0.4) is 0 Å². The predicted octanol–water partition coefficient (Wildman–Crippen LogP) is 5.02. The minimum absolute atomic E-state index is 0.00385. The molecule has 2 aromatic carbocycles. The smallest absolute Gasteiger partial charge is 0.369 e. The first-order chi connectivity index (χ1) is 32.4. The molecule has 4 aliphatic rings. The van der Waals surface area contributed by atoms with Crippen LogP contribution in [0.2, 0.25) is 0 Å². The second-order valence-corrected chi connectivity index (χ2v) is 18.4. The van der Waals surface area contributed by atoms with E-state index < -0.39 is 58.8 Å². The average molecular weight is 939 g/mol. The number of rotatable bonds is 11. The Bertz CT molecular complexity index is 2810. The maximum atomic E-state index is 15.5. The quantitative estimate of drug-likeness (QED) is 0.119. The third kappa shape index (κ3) is 8.69.